The minimum atomic E-state index is -3.56. The maximum Gasteiger partial charge on any atom is 0.243 e. The number of amides is 2. The summed E-state index contributed by atoms with van der Waals surface area (Å²) in [5.74, 6) is -0.381. The summed E-state index contributed by atoms with van der Waals surface area (Å²) in [6, 6.07) is 23.7. The number of carbonyl (C=O) groups excluding carboxylic acids is 2. The predicted octanol–water partition coefficient (Wildman–Crippen LogP) is 5.89. The molecule has 0 heterocycles. The standard InChI is InChI=1S/C33H40ClN3O4S/c1-25-11-8-18-30(21-25)37(42(2,40)41)20-10-19-32(38)36(24-27-14-9-15-28(34)22-27)31(23-26-12-4-3-5-13-26)33(39)35-29-16-6-7-17-29/h3-5,8-9,11-15,18,21-22,29,31H,6-7,10,16-17,19-20,23-24H2,1-2H3,(H,35,39)/t31-/m1/s1. The van der Waals surface area contributed by atoms with Crippen molar-refractivity contribution in [2.75, 3.05) is 17.1 Å². The molecule has 1 aliphatic carbocycles. The second-order valence-corrected chi connectivity index (χ2v) is 13.5. The zero-order valence-electron chi connectivity index (χ0n) is 24.3. The lowest BCUT2D eigenvalue weighted by molar-refractivity contribution is -0.141. The van der Waals surface area contributed by atoms with Gasteiger partial charge in [0, 0.05) is 37.0 Å². The molecule has 1 saturated carbocycles. The summed E-state index contributed by atoms with van der Waals surface area (Å²) >= 11 is 6.28. The summed E-state index contributed by atoms with van der Waals surface area (Å²) in [6.07, 6.45) is 5.96. The smallest absolute Gasteiger partial charge is 0.243 e. The molecule has 1 N–H and O–H groups in total. The number of halogens is 1. The number of hydrogen-bond acceptors (Lipinski definition) is 4. The number of aryl methyl sites for hydroxylation is 1. The van der Waals surface area contributed by atoms with Crippen molar-refractivity contribution >= 4 is 39.1 Å². The number of carbonyl (C=O) groups is 2. The van der Waals surface area contributed by atoms with Crippen molar-refractivity contribution in [2.45, 2.75) is 70.5 Å². The van der Waals surface area contributed by atoms with Crippen LogP contribution in [0.2, 0.25) is 5.02 Å². The molecule has 42 heavy (non-hydrogen) atoms. The zero-order chi connectivity index (χ0) is 30.1. The highest BCUT2D eigenvalue weighted by Gasteiger charge is 2.32. The van der Waals surface area contributed by atoms with E-state index in [1.807, 2.05) is 67.6 Å². The van der Waals surface area contributed by atoms with E-state index in [1.54, 1.807) is 23.1 Å². The van der Waals surface area contributed by atoms with E-state index in [0.29, 0.717) is 23.6 Å². The third-order valence-corrected chi connectivity index (χ3v) is 9.09. The fourth-order valence-corrected chi connectivity index (χ4v) is 6.71. The molecule has 224 valence electrons. The molecule has 0 saturated heterocycles. The molecule has 0 aliphatic heterocycles. The molecular formula is C33H40ClN3O4S. The van der Waals surface area contributed by atoms with E-state index in [-0.39, 0.29) is 37.4 Å². The van der Waals surface area contributed by atoms with E-state index in [0.717, 1.165) is 42.4 Å². The second kappa shape index (κ2) is 14.7. The maximum absolute atomic E-state index is 14.0. The Kier molecular flexibility index (Phi) is 11.0. The normalized spacial score (nSPS) is 14.4. The van der Waals surface area contributed by atoms with Crippen molar-refractivity contribution in [2.24, 2.45) is 0 Å². The fourth-order valence-electron chi connectivity index (χ4n) is 5.54. The van der Waals surface area contributed by atoms with Gasteiger partial charge in [-0.2, -0.15) is 0 Å². The molecule has 0 bridgehead atoms. The highest BCUT2D eigenvalue weighted by atomic mass is 35.5. The first-order chi connectivity index (χ1) is 20.1. The van der Waals surface area contributed by atoms with Crippen molar-refractivity contribution in [3.05, 3.63) is 101 Å². The molecule has 1 aliphatic rings. The summed E-state index contributed by atoms with van der Waals surface area (Å²) in [7, 11) is -3.56. The largest absolute Gasteiger partial charge is 0.352 e. The van der Waals surface area contributed by atoms with Gasteiger partial charge in [0.15, 0.2) is 0 Å². The number of anilines is 1. The number of nitrogens with zero attached hydrogens (tertiary/aromatic N) is 2. The van der Waals surface area contributed by atoms with E-state index in [9.17, 15) is 18.0 Å². The Hall–Kier alpha value is -3.36. The van der Waals surface area contributed by atoms with Gasteiger partial charge in [-0.3, -0.25) is 13.9 Å². The topological polar surface area (TPSA) is 86.8 Å². The van der Waals surface area contributed by atoms with Crippen LogP contribution < -0.4 is 9.62 Å². The zero-order valence-corrected chi connectivity index (χ0v) is 25.9. The Morgan fingerprint density at radius 1 is 0.952 bits per heavy atom. The minimum absolute atomic E-state index is 0.0837. The molecule has 1 atom stereocenters. The van der Waals surface area contributed by atoms with E-state index < -0.39 is 16.1 Å². The summed E-state index contributed by atoms with van der Waals surface area (Å²) in [4.78, 5) is 29.4. The van der Waals surface area contributed by atoms with E-state index >= 15 is 0 Å². The maximum atomic E-state index is 14.0. The highest BCUT2D eigenvalue weighted by Crippen LogP contribution is 2.23. The van der Waals surface area contributed by atoms with Gasteiger partial charge in [0.1, 0.15) is 6.04 Å². The first kappa shape index (κ1) is 31.6. The lowest BCUT2D eigenvalue weighted by Crippen LogP contribution is -2.52. The molecule has 9 heteroatoms. The predicted molar refractivity (Wildman–Crippen MR) is 169 cm³/mol. The van der Waals surface area contributed by atoms with Crippen LogP contribution in [0.1, 0.15) is 55.2 Å². The van der Waals surface area contributed by atoms with Crippen LogP contribution in [0.25, 0.3) is 0 Å². The van der Waals surface area contributed by atoms with Crippen molar-refractivity contribution in [1.29, 1.82) is 0 Å². The summed E-state index contributed by atoms with van der Waals surface area (Å²) in [6.45, 7) is 2.27. The third kappa shape index (κ3) is 9.07. The monoisotopic (exact) mass is 609 g/mol. The van der Waals surface area contributed by atoms with Gasteiger partial charge in [-0.25, -0.2) is 8.42 Å². The van der Waals surface area contributed by atoms with Crippen LogP contribution in [-0.2, 0) is 32.6 Å². The summed E-state index contributed by atoms with van der Waals surface area (Å²) in [5, 5.41) is 3.76. The van der Waals surface area contributed by atoms with Crippen LogP contribution in [0.3, 0.4) is 0 Å². The van der Waals surface area contributed by atoms with Gasteiger partial charge in [-0.05, 0) is 67.1 Å². The molecule has 3 aromatic carbocycles. The third-order valence-electron chi connectivity index (χ3n) is 7.66. The number of rotatable bonds is 13. The Morgan fingerprint density at radius 2 is 1.64 bits per heavy atom. The second-order valence-electron chi connectivity index (χ2n) is 11.1. The van der Waals surface area contributed by atoms with Crippen LogP contribution in [-0.4, -0.2) is 50.0 Å². The average molecular weight is 610 g/mol. The Morgan fingerprint density at radius 3 is 2.31 bits per heavy atom. The lowest BCUT2D eigenvalue weighted by atomic mass is 10.0. The van der Waals surface area contributed by atoms with Crippen molar-refractivity contribution in [3.63, 3.8) is 0 Å². The Bertz CT molecular complexity index is 1460. The van der Waals surface area contributed by atoms with E-state index in [2.05, 4.69) is 5.32 Å². The number of hydrogen-bond donors (Lipinski definition) is 1. The van der Waals surface area contributed by atoms with Crippen LogP contribution in [0.4, 0.5) is 5.69 Å². The fraction of sp³-hybridized carbons (Fsp3) is 0.394. The van der Waals surface area contributed by atoms with Crippen molar-refractivity contribution < 1.29 is 18.0 Å². The van der Waals surface area contributed by atoms with Crippen molar-refractivity contribution in [1.82, 2.24) is 10.2 Å². The van der Waals surface area contributed by atoms with Crippen LogP contribution in [0.15, 0.2) is 78.9 Å². The average Bonchev–Trinajstić information content (AvgIpc) is 3.46. The molecule has 0 radical (unpaired) electrons. The molecule has 1 fully saturated rings. The SMILES string of the molecule is Cc1cccc(N(CCCC(=O)N(Cc2cccc(Cl)c2)[C@H](Cc2ccccc2)C(=O)NC2CCCC2)S(C)(=O)=O)c1. The van der Waals surface area contributed by atoms with Gasteiger partial charge >= 0.3 is 0 Å². The quantitative estimate of drug-likeness (QED) is 0.262. The van der Waals surface area contributed by atoms with Crippen LogP contribution >= 0.6 is 11.6 Å². The van der Waals surface area contributed by atoms with Gasteiger partial charge in [0.25, 0.3) is 0 Å². The minimum Gasteiger partial charge on any atom is -0.352 e. The molecule has 7 nitrogen and oxygen atoms in total. The van der Waals surface area contributed by atoms with Gasteiger partial charge in [0.2, 0.25) is 21.8 Å². The molecule has 0 aromatic heterocycles. The Balaban J connectivity index is 1.59. The van der Waals surface area contributed by atoms with Crippen LogP contribution in [0.5, 0.6) is 0 Å². The van der Waals surface area contributed by atoms with E-state index in [4.69, 9.17) is 11.6 Å². The number of nitrogens with one attached hydrogen (secondary N) is 1. The highest BCUT2D eigenvalue weighted by molar-refractivity contribution is 7.92. The molecule has 3 aromatic rings. The summed E-state index contributed by atoms with van der Waals surface area (Å²) < 4.78 is 26.6. The van der Waals surface area contributed by atoms with Gasteiger partial charge in [-0.1, -0.05) is 79.0 Å². The summed E-state index contributed by atoms with van der Waals surface area (Å²) in [5.41, 5.74) is 3.29. The molecule has 0 spiro atoms. The molecular weight excluding hydrogens is 570 g/mol. The lowest BCUT2D eigenvalue weighted by Gasteiger charge is -2.33. The molecule has 0 unspecified atom stereocenters. The van der Waals surface area contributed by atoms with Gasteiger partial charge < -0.3 is 10.2 Å². The van der Waals surface area contributed by atoms with E-state index in [1.165, 1.54) is 10.6 Å². The van der Waals surface area contributed by atoms with Gasteiger partial charge in [0.05, 0.1) is 11.9 Å². The molecule has 2 amide bonds. The number of sulfonamides is 1. The van der Waals surface area contributed by atoms with Crippen molar-refractivity contribution in [3.8, 4) is 0 Å². The first-order valence-corrected chi connectivity index (χ1v) is 16.8. The first-order valence-electron chi connectivity index (χ1n) is 14.5. The van der Waals surface area contributed by atoms with Gasteiger partial charge in [-0.15, -0.1) is 0 Å². The molecule has 4 rings (SSSR count). The Labute approximate surface area is 254 Å². The van der Waals surface area contributed by atoms with Crippen LogP contribution in [0, 0.1) is 6.92 Å². The number of benzene rings is 3.